The normalized spacial score (nSPS) is 11.7. The summed E-state index contributed by atoms with van der Waals surface area (Å²) in [6, 6.07) is 18.4. The number of carbonyl (C=O) groups is 1. The molecule has 27 heavy (non-hydrogen) atoms. The van der Waals surface area contributed by atoms with E-state index < -0.39 is 5.97 Å². The van der Waals surface area contributed by atoms with Gasteiger partial charge < -0.3 is 14.5 Å². The monoisotopic (exact) mass is 360 g/mol. The molecular weight excluding hydrogens is 344 g/mol. The molecule has 2 aromatic carbocycles. The molecule has 4 aromatic rings. The Morgan fingerprint density at radius 3 is 2.59 bits per heavy atom. The van der Waals surface area contributed by atoms with Crippen LogP contribution >= 0.6 is 0 Å². The van der Waals surface area contributed by atoms with Crippen LogP contribution < -0.4 is 5.43 Å². The molecule has 0 spiro atoms. The van der Waals surface area contributed by atoms with Crippen LogP contribution in [-0.2, 0) is 0 Å². The Hall–Kier alpha value is -3.87. The molecule has 0 fully saturated rings. The maximum atomic E-state index is 10.9. The summed E-state index contributed by atoms with van der Waals surface area (Å²) in [5, 5.41) is 13.3. The molecule has 0 saturated heterocycles. The Morgan fingerprint density at radius 1 is 1.11 bits per heavy atom. The number of aromatic nitrogens is 2. The van der Waals surface area contributed by atoms with Crippen molar-refractivity contribution in [1.82, 2.24) is 9.97 Å². The molecule has 4 rings (SSSR count). The first-order chi connectivity index (χ1) is 13.1. The summed E-state index contributed by atoms with van der Waals surface area (Å²) in [6.45, 7) is 1.89. The van der Waals surface area contributed by atoms with Crippen molar-refractivity contribution in [2.24, 2.45) is 5.10 Å². The van der Waals surface area contributed by atoms with Gasteiger partial charge >= 0.3 is 5.97 Å². The Balaban J connectivity index is 1.50. The number of hydrogen-bond donors (Lipinski definition) is 3. The van der Waals surface area contributed by atoms with Gasteiger partial charge in [-0.2, -0.15) is 5.10 Å². The van der Waals surface area contributed by atoms with Crippen LogP contribution in [0.4, 0.5) is 5.95 Å². The molecule has 2 heterocycles. The fourth-order valence-electron chi connectivity index (χ4n) is 2.69. The van der Waals surface area contributed by atoms with Crippen molar-refractivity contribution in [3.8, 4) is 11.3 Å². The van der Waals surface area contributed by atoms with Crippen molar-refractivity contribution in [3.05, 3.63) is 72.0 Å². The molecule has 7 nitrogen and oxygen atoms in total. The van der Waals surface area contributed by atoms with Gasteiger partial charge in [0.05, 0.1) is 16.7 Å². The minimum Gasteiger partial charge on any atom is -0.475 e. The summed E-state index contributed by atoms with van der Waals surface area (Å²) < 4.78 is 5.31. The van der Waals surface area contributed by atoms with Crippen molar-refractivity contribution < 1.29 is 14.3 Å². The van der Waals surface area contributed by atoms with Gasteiger partial charge in [-0.3, -0.25) is 0 Å². The molecular formula is C20H16N4O3. The van der Waals surface area contributed by atoms with Crippen LogP contribution in [0.15, 0.2) is 70.2 Å². The Kier molecular flexibility index (Phi) is 4.18. The van der Waals surface area contributed by atoms with Crippen LogP contribution in [0.3, 0.4) is 0 Å². The largest absolute Gasteiger partial charge is 0.475 e. The molecule has 0 radical (unpaired) electrons. The van der Waals surface area contributed by atoms with E-state index in [0.29, 0.717) is 11.7 Å². The van der Waals surface area contributed by atoms with E-state index in [0.717, 1.165) is 27.9 Å². The molecule has 134 valence electrons. The first kappa shape index (κ1) is 16.6. The van der Waals surface area contributed by atoms with Crippen LogP contribution in [0.1, 0.15) is 23.0 Å². The average molecular weight is 360 g/mol. The van der Waals surface area contributed by atoms with Crippen LogP contribution in [-0.4, -0.2) is 26.8 Å². The third kappa shape index (κ3) is 3.43. The van der Waals surface area contributed by atoms with Crippen LogP contribution in [0.2, 0.25) is 0 Å². The number of fused-ring (bicyclic) bond motifs is 1. The molecule has 0 saturated carbocycles. The van der Waals surface area contributed by atoms with Gasteiger partial charge in [-0.1, -0.05) is 36.4 Å². The summed E-state index contributed by atoms with van der Waals surface area (Å²) in [7, 11) is 0. The van der Waals surface area contributed by atoms with Gasteiger partial charge in [-0.15, -0.1) is 0 Å². The number of para-hydroxylation sites is 2. The second-order valence-electron chi connectivity index (χ2n) is 5.96. The topological polar surface area (TPSA) is 104 Å². The summed E-state index contributed by atoms with van der Waals surface area (Å²) in [6.07, 6.45) is 0. The molecule has 0 bridgehead atoms. The summed E-state index contributed by atoms with van der Waals surface area (Å²) in [5.74, 6) is -0.0859. The first-order valence-electron chi connectivity index (χ1n) is 8.29. The second-order valence-corrected chi connectivity index (χ2v) is 5.96. The number of aromatic amines is 1. The number of hydrogen-bond acceptors (Lipinski definition) is 5. The Bertz CT molecular complexity index is 1110. The number of furan rings is 1. The number of anilines is 1. The van der Waals surface area contributed by atoms with Gasteiger partial charge in [0.25, 0.3) is 0 Å². The zero-order valence-electron chi connectivity index (χ0n) is 14.4. The van der Waals surface area contributed by atoms with Crippen LogP contribution in [0.25, 0.3) is 22.4 Å². The lowest BCUT2D eigenvalue weighted by atomic mass is 10.1. The zero-order chi connectivity index (χ0) is 18.8. The number of carboxylic acids is 1. The Morgan fingerprint density at radius 2 is 1.89 bits per heavy atom. The molecule has 0 aliphatic heterocycles. The van der Waals surface area contributed by atoms with Crippen LogP contribution in [0, 0.1) is 0 Å². The van der Waals surface area contributed by atoms with Gasteiger partial charge in [-0.05, 0) is 36.8 Å². The standard InChI is InChI=1S/C20H16N4O3/c1-12(23-24-20-21-15-4-2-3-5-16(15)22-20)13-6-8-14(9-7-13)17-10-11-18(27-17)19(25)26/h2-11H,1H3,(H,25,26)(H2,21,22,24)/b23-12-. The summed E-state index contributed by atoms with van der Waals surface area (Å²) in [4.78, 5) is 18.5. The SMILES string of the molecule is C/C(=N/Nc1nc2ccccc2[nH]1)c1ccc(-c2ccc(C(=O)O)o2)cc1. The predicted octanol–water partition coefficient (Wildman–Crippen LogP) is 4.36. The van der Waals surface area contributed by atoms with E-state index in [9.17, 15) is 4.79 Å². The van der Waals surface area contributed by atoms with E-state index in [-0.39, 0.29) is 5.76 Å². The summed E-state index contributed by atoms with van der Waals surface area (Å²) >= 11 is 0. The number of benzene rings is 2. The number of carboxylic acid groups (broad SMARTS) is 1. The highest BCUT2D eigenvalue weighted by Gasteiger charge is 2.10. The number of hydrazone groups is 1. The third-order valence-corrected chi connectivity index (χ3v) is 4.12. The van der Waals surface area contributed by atoms with Crippen molar-refractivity contribution in [3.63, 3.8) is 0 Å². The maximum absolute atomic E-state index is 10.9. The quantitative estimate of drug-likeness (QED) is 0.362. The molecule has 7 heteroatoms. The predicted molar refractivity (Wildman–Crippen MR) is 103 cm³/mol. The van der Waals surface area contributed by atoms with Gasteiger partial charge in [0.1, 0.15) is 5.76 Å². The minimum atomic E-state index is -1.09. The third-order valence-electron chi connectivity index (χ3n) is 4.12. The Labute approximate surface area is 154 Å². The fourth-order valence-corrected chi connectivity index (χ4v) is 2.69. The molecule has 0 atom stereocenters. The highest BCUT2D eigenvalue weighted by Crippen LogP contribution is 2.23. The lowest BCUT2D eigenvalue weighted by Gasteiger charge is -2.03. The number of nitrogens with zero attached hydrogens (tertiary/aromatic N) is 2. The lowest BCUT2D eigenvalue weighted by molar-refractivity contribution is 0.0663. The van der Waals surface area contributed by atoms with E-state index in [4.69, 9.17) is 9.52 Å². The van der Waals surface area contributed by atoms with Gasteiger partial charge in [0.2, 0.25) is 11.7 Å². The van der Waals surface area contributed by atoms with Crippen molar-refractivity contribution in [2.75, 3.05) is 5.43 Å². The molecule has 0 aliphatic carbocycles. The number of imidazole rings is 1. The minimum absolute atomic E-state index is 0.0816. The van der Waals surface area contributed by atoms with E-state index in [1.165, 1.54) is 6.07 Å². The first-order valence-corrected chi connectivity index (χ1v) is 8.29. The zero-order valence-corrected chi connectivity index (χ0v) is 14.4. The number of nitrogens with one attached hydrogen (secondary N) is 2. The van der Waals surface area contributed by atoms with E-state index >= 15 is 0 Å². The van der Waals surface area contributed by atoms with E-state index in [1.807, 2.05) is 55.5 Å². The van der Waals surface area contributed by atoms with Crippen molar-refractivity contribution in [2.45, 2.75) is 6.92 Å². The van der Waals surface area contributed by atoms with E-state index in [2.05, 4.69) is 20.5 Å². The van der Waals surface area contributed by atoms with Gasteiger partial charge in [0, 0.05) is 5.56 Å². The fraction of sp³-hybridized carbons (Fsp3) is 0.0500. The molecule has 3 N–H and O–H groups in total. The molecule has 2 aromatic heterocycles. The van der Waals surface area contributed by atoms with Crippen molar-refractivity contribution in [1.29, 1.82) is 0 Å². The average Bonchev–Trinajstić information content (AvgIpc) is 3.33. The van der Waals surface area contributed by atoms with E-state index in [1.54, 1.807) is 6.07 Å². The van der Waals surface area contributed by atoms with Crippen LogP contribution in [0.5, 0.6) is 0 Å². The highest BCUT2D eigenvalue weighted by molar-refractivity contribution is 5.99. The highest BCUT2D eigenvalue weighted by atomic mass is 16.4. The van der Waals surface area contributed by atoms with Gasteiger partial charge in [0.15, 0.2) is 0 Å². The molecule has 0 amide bonds. The maximum Gasteiger partial charge on any atom is 0.371 e. The number of rotatable bonds is 5. The molecule has 0 aliphatic rings. The molecule has 0 unspecified atom stereocenters. The second kappa shape index (κ2) is 6.80. The van der Waals surface area contributed by atoms with Gasteiger partial charge in [-0.25, -0.2) is 15.2 Å². The van der Waals surface area contributed by atoms with Crippen molar-refractivity contribution >= 4 is 28.7 Å². The smallest absolute Gasteiger partial charge is 0.371 e. The summed E-state index contributed by atoms with van der Waals surface area (Å²) in [5.41, 5.74) is 7.25. The lowest BCUT2D eigenvalue weighted by Crippen LogP contribution is -2.00. The number of aromatic carboxylic acids is 1. The number of H-pyrrole nitrogens is 1.